The first kappa shape index (κ1) is 31.3. The van der Waals surface area contributed by atoms with Crippen LogP contribution < -0.4 is 4.74 Å². The molecule has 220 valence electrons. The molecular weight excluding hydrogens is 562 g/mol. The number of hydrogen-bond donors (Lipinski definition) is 0. The third-order valence-corrected chi connectivity index (χ3v) is 5.74. The van der Waals surface area contributed by atoms with Gasteiger partial charge in [-0.1, -0.05) is 42.5 Å². The van der Waals surface area contributed by atoms with Crippen LogP contribution in [0.25, 0.3) is 11.6 Å². The van der Waals surface area contributed by atoms with Gasteiger partial charge in [0.15, 0.2) is 0 Å². The summed E-state index contributed by atoms with van der Waals surface area (Å²) < 4.78 is 101. The minimum absolute atomic E-state index is 0.0894. The maximum absolute atomic E-state index is 14.6. The predicted octanol–water partition coefficient (Wildman–Crippen LogP) is 7.34. The molecule has 9 nitrogen and oxygen atoms in total. The van der Waals surface area contributed by atoms with Crippen molar-refractivity contribution in [3.8, 4) is 17.5 Å². The molecule has 0 aliphatic rings. The second-order valence-corrected chi connectivity index (χ2v) is 8.76. The van der Waals surface area contributed by atoms with Gasteiger partial charge in [-0.05, 0) is 25.3 Å². The Kier molecular flexibility index (Phi) is 9.53. The van der Waals surface area contributed by atoms with E-state index in [1.165, 1.54) is 31.2 Å². The van der Waals surface area contributed by atoms with Crippen molar-refractivity contribution >= 4 is 5.69 Å². The van der Waals surface area contributed by atoms with Crippen molar-refractivity contribution in [2.75, 3.05) is 0 Å². The fourth-order valence-corrected chi connectivity index (χ4v) is 3.70. The highest BCUT2D eigenvalue weighted by molar-refractivity contribution is 5.64. The Labute approximate surface area is 229 Å². The highest BCUT2D eigenvalue weighted by atomic mass is 19.4. The van der Waals surface area contributed by atoms with Crippen molar-refractivity contribution < 1.29 is 45.2 Å². The van der Waals surface area contributed by atoms with Crippen molar-refractivity contribution in [2.24, 2.45) is 0 Å². The van der Waals surface area contributed by atoms with E-state index >= 15 is 0 Å². The smallest absolute Gasteiger partial charge is 0.426 e. The summed E-state index contributed by atoms with van der Waals surface area (Å²) in [4.78, 5) is 14.1. The van der Waals surface area contributed by atoms with Crippen LogP contribution in [0.15, 0.2) is 66.1 Å². The summed E-state index contributed by atoms with van der Waals surface area (Å²) in [6.07, 6.45) is -9.47. The first-order valence-corrected chi connectivity index (χ1v) is 12.0. The van der Waals surface area contributed by atoms with Crippen LogP contribution in [0.3, 0.4) is 0 Å². The largest absolute Gasteiger partial charge is 0.474 e. The number of aromatic nitrogens is 3. The van der Waals surface area contributed by atoms with Crippen molar-refractivity contribution in [3.05, 3.63) is 88.8 Å². The number of ether oxygens (including phenoxy) is 2. The van der Waals surface area contributed by atoms with Gasteiger partial charge in [-0.15, -0.1) is 23.4 Å². The molecule has 0 spiro atoms. The van der Waals surface area contributed by atoms with E-state index in [0.717, 1.165) is 0 Å². The summed E-state index contributed by atoms with van der Waals surface area (Å²) in [6.45, 7) is 7.76. The summed E-state index contributed by atoms with van der Waals surface area (Å²) >= 11 is 0. The van der Waals surface area contributed by atoms with Gasteiger partial charge in [0.25, 0.3) is 11.8 Å². The Morgan fingerprint density at radius 3 is 2.34 bits per heavy atom. The molecule has 2 unspecified atom stereocenters. The third-order valence-electron chi connectivity index (χ3n) is 5.74. The van der Waals surface area contributed by atoms with E-state index in [-0.39, 0.29) is 18.9 Å². The van der Waals surface area contributed by atoms with Crippen LogP contribution in [-0.2, 0) is 23.1 Å². The van der Waals surface area contributed by atoms with Crippen molar-refractivity contribution in [2.45, 2.75) is 56.9 Å². The standard InChI is InChI=1S/C26H24F6N4O5/c1-4-6-13-24(26(30,31)32,39-15-17-11-8-7-9-12-17)23-35-34-22(41-23)20-19(36(37)38)14-18(25(27,28)29)21(33-20)40-16(3)10-5-2/h4-5,7-9,11-12,14,16H,1-2,6,10,13,15H2,3H3. The highest BCUT2D eigenvalue weighted by Gasteiger charge is 2.61. The third kappa shape index (κ3) is 7.09. The number of allylic oxidation sites excluding steroid dienone is 1. The first-order valence-electron chi connectivity index (χ1n) is 12.0. The van der Waals surface area contributed by atoms with E-state index in [2.05, 4.69) is 28.3 Å². The zero-order chi connectivity index (χ0) is 30.4. The van der Waals surface area contributed by atoms with Crippen LogP contribution in [0, 0.1) is 10.1 Å². The summed E-state index contributed by atoms with van der Waals surface area (Å²) in [5.74, 6) is -3.14. The van der Waals surface area contributed by atoms with Gasteiger partial charge in [0, 0.05) is 12.5 Å². The number of alkyl halides is 6. The molecule has 0 N–H and O–H groups in total. The first-order chi connectivity index (χ1) is 19.2. The van der Waals surface area contributed by atoms with Gasteiger partial charge in [-0.2, -0.15) is 26.3 Å². The summed E-state index contributed by atoms with van der Waals surface area (Å²) in [5, 5.41) is 18.6. The summed E-state index contributed by atoms with van der Waals surface area (Å²) in [7, 11) is 0. The monoisotopic (exact) mass is 586 g/mol. The quantitative estimate of drug-likeness (QED) is 0.0885. The molecule has 15 heteroatoms. The number of nitrogens with zero attached hydrogens (tertiary/aromatic N) is 4. The van der Waals surface area contributed by atoms with E-state index in [4.69, 9.17) is 13.9 Å². The fraction of sp³-hybridized carbons (Fsp3) is 0.346. The normalized spacial score (nSPS) is 14.2. The van der Waals surface area contributed by atoms with Gasteiger partial charge in [-0.3, -0.25) is 10.1 Å². The molecule has 0 bridgehead atoms. The average molecular weight is 586 g/mol. The number of hydrogen-bond acceptors (Lipinski definition) is 8. The molecule has 3 aromatic rings. The molecular formula is C26H24F6N4O5. The molecule has 0 aliphatic carbocycles. The van der Waals surface area contributed by atoms with E-state index in [1.807, 2.05) is 0 Å². The van der Waals surface area contributed by atoms with Crippen molar-refractivity contribution in [1.29, 1.82) is 0 Å². The fourth-order valence-electron chi connectivity index (χ4n) is 3.70. The van der Waals surface area contributed by atoms with E-state index < -0.39 is 76.6 Å². The topological polar surface area (TPSA) is 113 Å². The summed E-state index contributed by atoms with van der Waals surface area (Å²) in [5.41, 5.74) is -6.56. The minimum Gasteiger partial charge on any atom is -0.474 e. The van der Waals surface area contributed by atoms with Gasteiger partial charge in [0.1, 0.15) is 11.7 Å². The molecule has 3 rings (SSSR count). The number of rotatable bonds is 13. The Morgan fingerprint density at radius 1 is 1.10 bits per heavy atom. The number of halogens is 6. The SMILES string of the molecule is C=CCCC(OCc1ccccc1)(c1nnc(-c2nc(OC(C)CC=C)c(C(F)(F)F)cc2[N+](=O)[O-])o1)C(F)(F)F. The lowest BCUT2D eigenvalue weighted by Crippen LogP contribution is -2.45. The molecule has 0 aliphatic heterocycles. The van der Waals surface area contributed by atoms with Crippen LogP contribution in [0.2, 0.25) is 0 Å². The molecule has 2 heterocycles. The Morgan fingerprint density at radius 2 is 1.78 bits per heavy atom. The second kappa shape index (κ2) is 12.5. The van der Waals surface area contributed by atoms with Crippen LogP contribution in [0.4, 0.5) is 32.0 Å². The molecule has 0 saturated heterocycles. The average Bonchev–Trinajstić information content (AvgIpc) is 3.38. The van der Waals surface area contributed by atoms with Crippen LogP contribution in [0.5, 0.6) is 5.88 Å². The number of benzene rings is 1. The lowest BCUT2D eigenvalue weighted by molar-refractivity contribution is -0.384. The Hall–Kier alpha value is -4.27. The predicted molar refractivity (Wildman–Crippen MR) is 132 cm³/mol. The van der Waals surface area contributed by atoms with Crippen molar-refractivity contribution in [3.63, 3.8) is 0 Å². The molecule has 0 fully saturated rings. The van der Waals surface area contributed by atoms with Crippen molar-refractivity contribution in [1.82, 2.24) is 15.2 Å². The number of nitro groups is 1. The van der Waals surface area contributed by atoms with Crippen LogP contribution in [0.1, 0.15) is 43.2 Å². The zero-order valence-electron chi connectivity index (χ0n) is 21.5. The van der Waals surface area contributed by atoms with Crippen LogP contribution >= 0.6 is 0 Å². The van der Waals surface area contributed by atoms with Gasteiger partial charge >= 0.3 is 18.0 Å². The Bertz CT molecular complexity index is 1380. The molecule has 41 heavy (non-hydrogen) atoms. The molecule has 0 radical (unpaired) electrons. The molecule has 2 aromatic heterocycles. The molecule has 0 saturated carbocycles. The van der Waals surface area contributed by atoms with Gasteiger partial charge in [0.2, 0.25) is 17.2 Å². The number of pyridine rings is 1. The van der Waals surface area contributed by atoms with Crippen LogP contribution in [-0.4, -0.2) is 32.4 Å². The van der Waals surface area contributed by atoms with E-state index in [0.29, 0.717) is 5.56 Å². The maximum atomic E-state index is 14.6. The summed E-state index contributed by atoms with van der Waals surface area (Å²) in [6, 6.07) is 8.03. The molecule has 1 aromatic carbocycles. The van der Waals surface area contributed by atoms with Gasteiger partial charge in [-0.25, -0.2) is 4.98 Å². The lowest BCUT2D eigenvalue weighted by Gasteiger charge is -2.32. The highest BCUT2D eigenvalue weighted by Crippen LogP contribution is 2.47. The van der Waals surface area contributed by atoms with E-state index in [9.17, 15) is 36.5 Å². The van der Waals surface area contributed by atoms with Gasteiger partial charge in [0.05, 0.1) is 11.5 Å². The second-order valence-electron chi connectivity index (χ2n) is 8.76. The lowest BCUT2D eigenvalue weighted by atomic mass is 9.96. The zero-order valence-corrected chi connectivity index (χ0v) is 21.5. The Balaban J connectivity index is 2.18. The van der Waals surface area contributed by atoms with Gasteiger partial charge < -0.3 is 13.9 Å². The molecule has 0 amide bonds. The maximum Gasteiger partial charge on any atom is 0.426 e. The minimum atomic E-state index is -5.14. The molecule has 2 atom stereocenters. The van der Waals surface area contributed by atoms with E-state index in [1.54, 1.807) is 18.2 Å².